The molecule has 3 fully saturated rings. The number of sulfonamides is 1. The van der Waals surface area contributed by atoms with Crippen LogP contribution in [0.3, 0.4) is 0 Å². The zero-order chi connectivity index (χ0) is 42.3. The lowest BCUT2D eigenvalue weighted by Gasteiger charge is -2.37. The molecular formula is C41H53F2N5O10S. The first kappa shape index (κ1) is 42.5. The summed E-state index contributed by atoms with van der Waals surface area (Å²) < 4.78 is 80.1. The first-order chi connectivity index (χ1) is 28.1. The zero-order valence-electron chi connectivity index (χ0n) is 33.8. The lowest BCUT2D eigenvalue weighted by molar-refractivity contribution is -0.141. The molecular weight excluding hydrogens is 793 g/mol. The molecule has 2 saturated carbocycles. The van der Waals surface area contributed by atoms with E-state index in [4.69, 9.17) is 18.9 Å². The fraction of sp³-hybridized carbons (Fsp3) is 0.634. The van der Waals surface area contributed by atoms with E-state index in [1.54, 1.807) is 25.1 Å². The number of nitrogens with one attached hydrogen (secondary N) is 3. The molecule has 1 aromatic heterocycles. The van der Waals surface area contributed by atoms with Crippen molar-refractivity contribution in [3.8, 4) is 11.5 Å². The molecule has 0 radical (unpaired) electrons. The number of nitrogens with zero attached hydrogens (tertiary/aromatic N) is 2. The molecule has 1 saturated heterocycles. The van der Waals surface area contributed by atoms with Crippen LogP contribution in [-0.2, 0) is 40.3 Å². The highest BCUT2D eigenvalue weighted by atomic mass is 32.2. The SMILES string of the molecule is CC[C@H](C)OC(=O)N[C@H]1CCCCC/C=C\[C@@H]2C[C@@]2(C(=O)NS(=O)(=O)C2(COC)CC2)NC(=O)[C@@H]2C[C@]3(CCc4c(c(C(F)F)nc5ccc(OC)cc45)O3)CN2C1=O. The summed E-state index contributed by atoms with van der Waals surface area (Å²) in [5.41, 5.74) is -2.75. The first-order valence-electron chi connectivity index (χ1n) is 20.4. The van der Waals surface area contributed by atoms with E-state index in [1.807, 2.05) is 19.1 Å². The third-order valence-corrected chi connectivity index (χ3v) is 14.7. The van der Waals surface area contributed by atoms with Gasteiger partial charge in [0.2, 0.25) is 21.8 Å². The van der Waals surface area contributed by atoms with Crippen LogP contribution in [0.4, 0.5) is 13.6 Å². The normalized spacial score (nSPS) is 28.8. The van der Waals surface area contributed by atoms with Gasteiger partial charge in [0, 0.05) is 30.4 Å². The number of hydrogen-bond acceptors (Lipinski definition) is 11. The second-order valence-corrected chi connectivity index (χ2v) is 18.7. The van der Waals surface area contributed by atoms with Crippen molar-refractivity contribution in [1.29, 1.82) is 0 Å². The fourth-order valence-electron chi connectivity index (χ4n) is 8.68. The molecule has 0 bridgehead atoms. The van der Waals surface area contributed by atoms with E-state index in [0.29, 0.717) is 60.7 Å². The van der Waals surface area contributed by atoms with Crippen molar-refractivity contribution in [3.63, 3.8) is 0 Å². The largest absolute Gasteiger partial charge is 0.497 e. The van der Waals surface area contributed by atoms with Crippen LogP contribution in [0, 0.1) is 5.92 Å². The Morgan fingerprint density at radius 1 is 1.12 bits per heavy atom. The smallest absolute Gasteiger partial charge is 0.408 e. The molecule has 3 aliphatic heterocycles. The molecule has 15 nitrogen and oxygen atoms in total. The van der Waals surface area contributed by atoms with Crippen LogP contribution in [0.1, 0.15) is 102 Å². The van der Waals surface area contributed by atoms with Crippen LogP contribution in [-0.4, -0.2) is 104 Å². The molecule has 3 N–H and O–H groups in total. The summed E-state index contributed by atoms with van der Waals surface area (Å²) >= 11 is 0. The maximum atomic E-state index is 14.8. The van der Waals surface area contributed by atoms with Crippen LogP contribution in [0.5, 0.6) is 11.5 Å². The average Bonchev–Trinajstić information content (AvgIpc) is 4.11. The third-order valence-electron chi connectivity index (χ3n) is 12.6. The van der Waals surface area contributed by atoms with Gasteiger partial charge in [0.05, 0.1) is 25.8 Å². The van der Waals surface area contributed by atoms with E-state index < -0.39 is 85.9 Å². The Kier molecular flexibility index (Phi) is 11.9. The minimum absolute atomic E-state index is 0.102. The van der Waals surface area contributed by atoms with Crippen molar-refractivity contribution in [2.45, 2.75) is 131 Å². The third kappa shape index (κ3) is 8.30. The van der Waals surface area contributed by atoms with E-state index >= 15 is 0 Å². The molecule has 4 amide bonds. The van der Waals surface area contributed by atoms with Crippen molar-refractivity contribution in [2.75, 3.05) is 27.4 Å². The molecule has 4 heterocycles. The molecule has 2 aromatic rings. The number of alkyl carbamates (subject to hydrolysis) is 1. The standard InChI is InChI=1S/C41H53F2N5O10S/c1-5-24(2)57-38(52)45-30-12-10-8-6-7-9-11-25-20-41(25,37(51)47-59(53,54)40(17-18-40)23-55-3)46-35(49)31-21-39(22-48(31)36(30)50)16-15-27-28-19-26(56-4)13-14-29(28)44-32(34(42)43)33(27)58-39/h9,11,13-14,19,24-25,30-31,34H,5-8,10,12,15-18,20-23H2,1-4H3,(H,45,52)(H,46,49)(H,47,51)/b11-9-/t24-,25+,30-,31-,39+,41+/m0/s1. The number of fused-ring (bicyclic) bond motifs is 5. The Balaban J connectivity index is 1.25. The van der Waals surface area contributed by atoms with Crippen LogP contribution in [0.2, 0.25) is 0 Å². The number of halogens is 2. The van der Waals surface area contributed by atoms with Gasteiger partial charge in [-0.2, -0.15) is 0 Å². The average molecular weight is 846 g/mol. The second kappa shape index (κ2) is 16.5. The first-order valence-corrected chi connectivity index (χ1v) is 21.9. The van der Waals surface area contributed by atoms with Gasteiger partial charge in [-0.1, -0.05) is 31.9 Å². The number of rotatable bonds is 10. The maximum Gasteiger partial charge on any atom is 0.408 e. The Morgan fingerprint density at radius 3 is 2.59 bits per heavy atom. The Labute approximate surface area is 342 Å². The van der Waals surface area contributed by atoms with Crippen LogP contribution < -0.4 is 24.8 Å². The van der Waals surface area contributed by atoms with Gasteiger partial charge in [0.25, 0.3) is 12.3 Å². The number of ether oxygens (including phenoxy) is 4. The highest BCUT2D eigenvalue weighted by Gasteiger charge is 2.64. The zero-order valence-corrected chi connectivity index (χ0v) is 34.6. The van der Waals surface area contributed by atoms with Gasteiger partial charge in [-0.25, -0.2) is 27.0 Å². The molecule has 5 aliphatic rings. The summed E-state index contributed by atoms with van der Waals surface area (Å²) in [7, 11) is -1.33. The van der Waals surface area contributed by atoms with Crippen LogP contribution in [0.15, 0.2) is 30.4 Å². The molecule has 322 valence electrons. The predicted molar refractivity (Wildman–Crippen MR) is 210 cm³/mol. The Morgan fingerprint density at radius 2 is 1.90 bits per heavy atom. The lowest BCUT2D eigenvalue weighted by atomic mass is 9.87. The van der Waals surface area contributed by atoms with Crippen molar-refractivity contribution in [3.05, 3.63) is 41.6 Å². The highest BCUT2D eigenvalue weighted by Crippen LogP contribution is 2.50. The van der Waals surface area contributed by atoms with E-state index in [-0.39, 0.29) is 51.0 Å². The molecule has 59 heavy (non-hydrogen) atoms. The number of amides is 4. The number of aryl methyl sites for hydroxylation is 1. The van der Waals surface area contributed by atoms with Gasteiger partial charge in [0.1, 0.15) is 45.5 Å². The van der Waals surface area contributed by atoms with Crippen molar-refractivity contribution in [2.24, 2.45) is 5.92 Å². The van der Waals surface area contributed by atoms with Crippen LogP contribution >= 0.6 is 0 Å². The summed E-state index contributed by atoms with van der Waals surface area (Å²) in [6.07, 6.45) is 3.85. The summed E-state index contributed by atoms with van der Waals surface area (Å²) in [6.45, 7) is 3.26. The number of hydrogen-bond donors (Lipinski definition) is 3. The Bertz CT molecular complexity index is 2130. The number of pyridine rings is 1. The number of alkyl halides is 2. The molecule has 0 unspecified atom stereocenters. The van der Waals surface area contributed by atoms with Crippen molar-refractivity contribution in [1.82, 2.24) is 25.2 Å². The summed E-state index contributed by atoms with van der Waals surface area (Å²) in [5.74, 6) is -2.44. The second-order valence-electron chi connectivity index (χ2n) is 16.7. The molecule has 2 aliphatic carbocycles. The Hall–Kier alpha value is -4.58. The van der Waals surface area contributed by atoms with Gasteiger partial charge in [-0.3, -0.25) is 19.1 Å². The number of allylic oxidation sites excluding steroid dienone is 1. The molecule has 1 spiro atoms. The summed E-state index contributed by atoms with van der Waals surface area (Å²) in [4.78, 5) is 62.2. The van der Waals surface area contributed by atoms with Gasteiger partial charge < -0.3 is 34.5 Å². The minimum Gasteiger partial charge on any atom is -0.497 e. The van der Waals surface area contributed by atoms with E-state index in [9.17, 15) is 36.4 Å². The van der Waals surface area contributed by atoms with Crippen LogP contribution in [0.25, 0.3) is 10.9 Å². The number of carbonyl (C=O) groups excluding carboxylic acids is 4. The number of aromatic nitrogens is 1. The minimum atomic E-state index is -4.20. The molecule has 1 aromatic carbocycles. The maximum absolute atomic E-state index is 14.8. The van der Waals surface area contributed by atoms with E-state index in [0.717, 1.165) is 6.42 Å². The van der Waals surface area contributed by atoms with Gasteiger partial charge >= 0.3 is 6.09 Å². The molecule has 6 atom stereocenters. The van der Waals surface area contributed by atoms with E-state index in [1.165, 1.54) is 19.1 Å². The van der Waals surface area contributed by atoms with Gasteiger partial charge in [-0.05, 0) is 82.9 Å². The molecule has 7 rings (SSSR count). The summed E-state index contributed by atoms with van der Waals surface area (Å²) in [5, 5.41) is 6.13. The van der Waals surface area contributed by atoms with Gasteiger partial charge in [0.15, 0.2) is 5.75 Å². The topological polar surface area (TPSA) is 192 Å². The van der Waals surface area contributed by atoms with Crippen molar-refractivity contribution < 1.29 is 55.3 Å². The highest BCUT2D eigenvalue weighted by molar-refractivity contribution is 7.91. The summed E-state index contributed by atoms with van der Waals surface area (Å²) in [6, 6.07) is 2.51. The van der Waals surface area contributed by atoms with Crippen molar-refractivity contribution >= 4 is 44.7 Å². The molecule has 18 heteroatoms. The monoisotopic (exact) mass is 845 g/mol. The van der Waals surface area contributed by atoms with Gasteiger partial charge in [-0.15, -0.1) is 0 Å². The predicted octanol–water partition coefficient (Wildman–Crippen LogP) is 4.76. The number of carbonyl (C=O) groups is 4. The van der Waals surface area contributed by atoms with E-state index in [2.05, 4.69) is 20.3 Å². The lowest BCUT2D eigenvalue weighted by Crippen LogP contribution is -2.59. The number of benzene rings is 1. The quantitative estimate of drug-likeness (QED) is 0.280. The number of methoxy groups -OCH3 is 2. The fourth-order valence-corrected chi connectivity index (χ4v) is 10.2.